The highest BCUT2D eigenvalue weighted by atomic mass is 16.1. The van der Waals surface area contributed by atoms with E-state index in [1.165, 1.54) is 5.56 Å². The van der Waals surface area contributed by atoms with Crippen LogP contribution >= 0.6 is 0 Å². The third-order valence-corrected chi connectivity index (χ3v) is 3.68. The highest BCUT2D eigenvalue weighted by Gasteiger charge is 2.04. The molecule has 0 aliphatic rings. The molecular weight excluding hydrogens is 260 g/mol. The van der Waals surface area contributed by atoms with Crippen LogP contribution in [0.5, 0.6) is 0 Å². The lowest BCUT2D eigenvalue weighted by atomic mass is 10.1. The number of anilines is 1. The number of nitrogens with two attached hydrogens (primary N) is 1. The highest BCUT2D eigenvalue weighted by Crippen LogP contribution is 2.15. The number of aryl methyl sites for hydroxylation is 1. The molecule has 0 atom stereocenters. The first-order valence-electron chi connectivity index (χ1n) is 7.31. The van der Waals surface area contributed by atoms with Crippen LogP contribution < -0.4 is 11.1 Å². The quantitative estimate of drug-likeness (QED) is 0.799. The van der Waals surface area contributed by atoms with Gasteiger partial charge in [-0.2, -0.15) is 0 Å². The number of benzene rings is 2. The topological polar surface area (TPSA) is 55.1 Å². The number of nitrogens with one attached hydrogen (secondary N) is 1. The number of rotatable bonds is 6. The summed E-state index contributed by atoms with van der Waals surface area (Å²) >= 11 is 0. The third-order valence-electron chi connectivity index (χ3n) is 3.68. The molecule has 0 bridgehead atoms. The van der Waals surface area contributed by atoms with Crippen LogP contribution in [0.1, 0.15) is 29.5 Å². The Morgan fingerprint density at radius 1 is 1.10 bits per heavy atom. The molecule has 0 radical (unpaired) electrons. The van der Waals surface area contributed by atoms with Gasteiger partial charge in [-0.1, -0.05) is 42.5 Å². The van der Waals surface area contributed by atoms with Crippen molar-refractivity contribution in [3.05, 3.63) is 65.2 Å². The Labute approximate surface area is 126 Å². The Bertz CT molecular complexity index is 593. The summed E-state index contributed by atoms with van der Waals surface area (Å²) in [4.78, 5) is 11.9. The fraction of sp³-hybridized carbons (Fsp3) is 0.278. The second-order valence-corrected chi connectivity index (χ2v) is 5.25. The van der Waals surface area contributed by atoms with Crippen LogP contribution in [-0.4, -0.2) is 5.91 Å². The molecule has 3 nitrogen and oxygen atoms in total. The molecule has 21 heavy (non-hydrogen) atoms. The SMILES string of the molecule is Cc1c(N)cccc1CNC(=O)CCCc1ccccc1. The normalized spacial score (nSPS) is 10.3. The molecule has 0 aliphatic carbocycles. The Balaban J connectivity index is 1.74. The largest absolute Gasteiger partial charge is 0.399 e. The number of carbonyl (C=O) groups excluding carboxylic acids is 1. The molecule has 0 unspecified atom stereocenters. The molecular formula is C18H22N2O. The summed E-state index contributed by atoms with van der Waals surface area (Å²) < 4.78 is 0. The predicted octanol–water partition coefficient (Wildman–Crippen LogP) is 3.22. The monoisotopic (exact) mass is 282 g/mol. The number of amides is 1. The molecule has 0 aromatic heterocycles. The van der Waals surface area contributed by atoms with Crippen molar-refractivity contribution in [2.24, 2.45) is 0 Å². The molecule has 0 fully saturated rings. The summed E-state index contributed by atoms with van der Waals surface area (Å²) in [5.41, 5.74) is 10.0. The van der Waals surface area contributed by atoms with Crippen LogP contribution in [0.15, 0.2) is 48.5 Å². The van der Waals surface area contributed by atoms with Gasteiger partial charge in [0.05, 0.1) is 0 Å². The third kappa shape index (κ3) is 4.63. The van der Waals surface area contributed by atoms with E-state index in [1.807, 2.05) is 43.3 Å². The summed E-state index contributed by atoms with van der Waals surface area (Å²) in [6.07, 6.45) is 2.35. The molecule has 110 valence electrons. The molecule has 0 saturated heterocycles. The van der Waals surface area contributed by atoms with Crippen molar-refractivity contribution in [2.45, 2.75) is 32.7 Å². The van der Waals surface area contributed by atoms with Crippen LogP contribution in [0, 0.1) is 6.92 Å². The Hall–Kier alpha value is -2.29. The van der Waals surface area contributed by atoms with Crippen LogP contribution in [0.4, 0.5) is 5.69 Å². The Kier molecular flexibility index (Phi) is 5.38. The molecule has 2 aromatic carbocycles. The smallest absolute Gasteiger partial charge is 0.220 e. The summed E-state index contributed by atoms with van der Waals surface area (Å²) in [6.45, 7) is 2.52. The maximum absolute atomic E-state index is 11.9. The van der Waals surface area contributed by atoms with Gasteiger partial charge in [0.15, 0.2) is 0 Å². The van der Waals surface area contributed by atoms with Gasteiger partial charge < -0.3 is 11.1 Å². The average Bonchev–Trinajstić information content (AvgIpc) is 2.50. The zero-order valence-corrected chi connectivity index (χ0v) is 12.4. The van der Waals surface area contributed by atoms with E-state index in [4.69, 9.17) is 5.73 Å². The van der Waals surface area contributed by atoms with Gasteiger partial charge in [-0.25, -0.2) is 0 Å². The molecule has 0 saturated carbocycles. The van der Waals surface area contributed by atoms with Crippen molar-refractivity contribution in [1.29, 1.82) is 0 Å². The fourth-order valence-corrected chi connectivity index (χ4v) is 2.27. The first kappa shape index (κ1) is 15.1. The first-order valence-corrected chi connectivity index (χ1v) is 7.31. The second-order valence-electron chi connectivity index (χ2n) is 5.25. The predicted molar refractivity (Wildman–Crippen MR) is 86.8 cm³/mol. The van der Waals surface area contributed by atoms with Crippen molar-refractivity contribution in [1.82, 2.24) is 5.32 Å². The van der Waals surface area contributed by atoms with E-state index in [9.17, 15) is 4.79 Å². The molecule has 0 aliphatic heterocycles. The lowest BCUT2D eigenvalue weighted by Crippen LogP contribution is -2.23. The lowest BCUT2D eigenvalue weighted by molar-refractivity contribution is -0.121. The lowest BCUT2D eigenvalue weighted by Gasteiger charge is -2.09. The maximum atomic E-state index is 11.9. The molecule has 1 amide bonds. The zero-order chi connectivity index (χ0) is 15.1. The van der Waals surface area contributed by atoms with E-state index in [0.29, 0.717) is 13.0 Å². The minimum absolute atomic E-state index is 0.0905. The van der Waals surface area contributed by atoms with E-state index in [1.54, 1.807) is 0 Å². The summed E-state index contributed by atoms with van der Waals surface area (Å²) in [5.74, 6) is 0.0905. The van der Waals surface area contributed by atoms with Crippen molar-refractivity contribution in [3.63, 3.8) is 0 Å². The van der Waals surface area contributed by atoms with Gasteiger partial charge in [0.2, 0.25) is 5.91 Å². The summed E-state index contributed by atoms with van der Waals surface area (Å²) in [7, 11) is 0. The van der Waals surface area contributed by atoms with Crippen LogP contribution in [-0.2, 0) is 17.8 Å². The van der Waals surface area contributed by atoms with Crippen molar-refractivity contribution in [2.75, 3.05) is 5.73 Å². The van der Waals surface area contributed by atoms with E-state index in [0.717, 1.165) is 29.7 Å². The van der Waals surface area contributed by atoms with Gasteiger partial charge in [-0.3, -0.25) is 4.79 Å². The molecule has 0 spiro atoms. The standard InChI is InChI=1S/C18H22N2O/c1-14-16(10-6-11-17(14)19)13-20-18(21)12-5-9-15-7-3-2-4-8-15/h2-4,6-8,10-11H,5,9,12-13,19H2,1H3,(H,20,21). The molecule has 3 N–H and O–H groups in total. The van der Waals surface area contributed by atoms with Gasteiger partial charge in [0, 0.05) is 18.7 Å². The van der Waals surface area contributed by atoms with Gasteiger partial charge in [-0.05, 0) is 42.5 Å². The number of nitrogen functional groups attached to an aromatic ring is 1. The van der Waals surface area contributed by atoms with Crippen LogP contribution in [0.25, 0.3) is 0 Å². The highest BCUT2D eigenvalue weighted by molar-refractivity contribution is 5.76. The average molecular weight is 282 g/mol. The van der Waals surface area contributed by atoms with Crippen molar-refractivity contribution >= 4 is 11.6 Å². The van der Waals surface area contributed by atoms with Crippen LogP contribution in [0.3, 0.4) is 0 Å². The summed E-state index contributed by atoms with van der Waals surface area (Å²) in [6, 6.07) is 16.0. The Morgan fingerprint density at radius 3 is 2.62 bits per heavy atom. The van der Waals surface area contributed by atoms with Crippen molar-refractivity contribution in [3.8, 4) is 0 Å². The van der Waals surface area contributed by atoms with E-state index in [-0.39, 0.29) is 5.91 Å². The molecule has 2 rings (SSSR count). The van der Waals surface area contributed by atoms with E-state index < -0.39 is 0 Å². The summed E-state index contributed by atoms with van der Waals surface area (Å²) in [5, 5.41) is 2.96. The second kappa shape index (κ2) is 7.48. The molecule has 2 aromatic rings. The number of hydrogen-bond acceptors (Lipinski definition) is 2. The molecule has 0 heterocycles. The van der Waals surface area contributed by atoms with E-state index in [2.05, 4.69) is 17.4 Å². The van der Waals surface area contributed by atoms with Gasteiger partial charge in [0.25, 0.3) is 0 Å². The fourth-order valence-electron chi connectivity index (χ4n) is 2.27. The minimum Gasteiger partial charge on any atom is -0.399 e. The molecule has 3 heteroatoms. The van der Waals surface area contributed by atoms with Crippen LogP contribution in [0.2, 0.25) is 0 Å². The van der Waals surface area contributed by atoms with Gasteiger partial charge in [0.1, 0.15) is 0 Å². The number of carbonyl (C=O) groups is 1. The Morgan fingerprint density at radius 2 is 1.86 bits per heavy atom. The van der Waals surface area contributed by atoms with E-state index >= 15 is 0 Å². The van der Waals surface area contributed by atoms with Crippen molar-refractivity contribution < 1.29 is 4.79 Å². The zero-order valence-electron chi connectivity index (χ0n) is 12.4. The number of hydrogen-bond donors (Lipinski definition) is 2. The first-order chi connectivity index (χ1) is 10.2. The maximum Gasteiger partial charge on any atom is 0.220 e. The van der Waals surface area contributed by atoms with Gasteiger partial charge >= 0.3 is 0 Å². The minimum atomic E-state index is 0.0905. The van der Waals surface area contributed by atoms with Gasteiger partial charge in [-0.15, -0.1) is 0 Å².